The van der Waals surface area contributed by atoms with Crippen molar-refractivity contribution < 1.29 is 14.3 Å². The smallest absolute Gasteiger partial charge is 0.265 e. The van der Waals surface area contributed by atoms with Gasteiger partial charge in [-0.3, -0.25) is 4.79 Å². The molecule has 2 N–H and O–H groups in total. The lowest BCUT2D eigenvalue weighted by Gasteiger charge is -2.23. The monoisotopic (exact) mass is 256 g/mol. The molecule has 0 aromatic carbocycles. The molecule has 1 unspecified atom stereocenters. The lowest BCUT2D eigenvalue weighted by atomic mass is 10.3. The fraction of sp³-hybridized carbons (Fsp3) is 0.545. The molecule has 0 radical (unpaired) electrons. The van der Waals surface area contributed by atoms with Crippen molar-refractivity contribution in [2.75, 3.05) is 33.4 Å². The molecule has 1 fully saturated rings. The number of nitrogens with one attached hydrogen (secondary N) is 2. The average molecular weight is 256 g/mol. The Morgan fingerprint density at radius 3 is 3.35 bits per heavy atom. The van der Waals surface area contributed by atoms with Crippen LogP contribution in [0.4, 0.5) is 0 Å². The normalized spacial score (nSPS) is 19.9. The van der Waals surface area contributed by atoms with Crippen LogP contribution in [-0.2, 0) is 4.74 Å². The lowest BCUT2D eigenvalue weighted by Crippen LogP contribution is -2.45. The molecule has 1 aliphatic heterocycles. The average Bonchev–Trinajstić information content (AvgIpc) is 2.85. The molecule has 1 amide bonds. The molecule has 2 rings (SSSR count). The van der Waals surface area contributed by atoms with Crippen LogP contribution in [0.1, 0.15) is 9.67 Å². The predicted molar refractivity (Wildman–Crippen MR) is 65.8 cm³/mol. The Morgan fingerprint density at radius 1 is 1.76 bits per heavy atom. The third kappa shape index (κ3) is 3.18. The summed E-state index contributed by atoms with van der Waals surface area (Å²) in [5, 5.41) is 7.91. The first-order valence-electron chi connectivity index (χ1n) is 5.53. The molecule has 0 spiro atoms. The number of ether oxygens (including phenoxy) is 2. The SMILES string of the molecule is COc1ccsc1C(=O)NCC1CNCCO1. The highest BCUT2D eigenvalue weighted by Gasteiger charge is 2.17. The molecule has 1 aromatic rings. The maximum Gasteiger partial charge on any atom is 0.265 e. The minimum absolute atomic E-state index is 0.0543. The quantitative estimate of drug-likeness (QED) is 0.822. The van der Waals surface area contributed by atoms with Gasteiger partial charge in [-0.15, -0.1) is 11.3 Å². The van der Waals surface area contributed by atoms with Crippen LogP contribution >= 0.6 is 11.3 Å². The van der Waals surface area contributed by atoms with Crippen molar-refractivity contribution in [2.24, 2.45) is 0 Å². The van der Waals surface area contributed by atoms with Crippen LogP contribution in [0.3, 0.4) is 0 Å². The summed E-state index contributed by atoms with van der Waals surface area (Å²) >= 11 is 1.38. The van der Waals surface area contributed by atoms with E-state index in [-0.39, 0.29) is 12.0 Å². The number of rotatable bonds is 4. The Balaban J connectivity index is 1.84. The van der Waals surface area contributed by atoms with E-state index in [1.807, 2.05) is 5.38 Å². The van der Waals surface area contributed by atoms with Crippen LogP contribution < -0.4 is 15.4 Å². The highest BCUT2D eigenvalue weighted by molar-refractivity contribution is 7.12. The van der Waals surface area contributed by atoms with Crippen molar-refractivity contribution in [3.05, 3.63) is 16.3 Å². The molecule has 1 saturated heterocycles. The number of hydrogen-bond donors (Lipinski definition) is 2. The Hall–Kier alpha value is -1.11. The zero-order valence-corrected chi connectivity index (χ0v) is 10.5. The van der Waals surface area contributed by atoms with Gasteiger partial charge in [0.2, 0.25) is 0 Å². The molecule has 0 aliphatic carbocycles. The largest absolute Gasteiger partial charge is 0.495 e. The zero-order chi connectivity index (χ0) is 12.1. The minimum atomic E-state index is -0.106. The molecule has 0 saturated carbocycles. The molecular formula is C11H16N2O3S. The van der Waals surface area contributed by atoms with Gasteiger partial charge < -0.3 is 20.1 Å². The van der Waals surface area contributed by atoms with Gasteiger partial charge >= 0.3 is 0 Å². The van der Waals surface area contributed by atoms with Crippen LogP contribution in [0.25, 0.3) is 0 Å². The predicted octanol–water partition coefficient (Wildman–Crippen LogP) is 0.475. The van der Waals surface area contributed by atoms with Crippen molar-refractivity contribution in [1.82, 2.24) is 10.6 Å². The summed E-state index contributed by atoms with van der Waals surface area (Å²) < 4.78 is 10.6. The molecule has 5 nitrogen and oxygen atoms in total. The second-order valence-electron chi connectivity index (χ2n) is 3.73. The Labute approximate surface area is 104 Å². The van der Waals surface area contributed by atoms with E-state index in [2.05, 4.69) is 10.6 Å². The number of morpholine rings is 1. The standard InChI is InChI=1S/C11H16N2O3S/c1-15-9-2-5-17-10(9)11(14)13-7-8-6-12-3-4-16-8/h2,5,8,12H,3-4,6-7H2,1H3,(H,13,14). The number of carbonyl (C=O) groups is 1. The summed E-state index contributed by atoms with van der Waals surface area (Å²) in [5.41, 5.74) is 0. The van der Waals surface area contributed by atoms with Gasteiger partial charge in [0.25, 0.3) is 5.91 Å². The van der Waals surface area contributed by atoms with Gasteiger partial charge in [0, 0.05) is 19.6 Å². The highest BCUT2D eigenvalue weighted by atomic mass is 32.1. The Bertz CT molecular complexity index is 375. The van der Waals surface area contributed by atoms with Crippen molar-refractivity contribution in [1.29, 1.82) is 0 Å². The summed E-state index contributed by atoms with van der Waals surface area (Å²) in [7, 11) is 1.56. The molecular weight excluding hydrogens is 240 g/mol. The van der Waals surface area contributed by atoms with Crippen molar-refractivity contribution in [3.8, 4) is 5.75 Å². The number of amides is 1. The molecule has 0 bridgehead atoms. The van der Waals surface area contributed by atoms with Crippen molar-refractivity contribution >= 4 is 17.2 Å². The van der Waals surface area contributed by atoms with E-state index in [0.29, 0.717) is 23.8 Å². The first kappa shape index (κ1) is 12.3. The van der Waals surface area contributed by atoms with Gasteiger partial charge in [-0.05, 0) is 11.4 Å². The number of thiophene rings is 1. The van der Waals surface area contributed by atoms with Crippen LogP contribution in [-0.4, -0.2) is 45.4 Å². The van der Waals surface area contributed by atoms with Crippen molar-refractivity contribution in [3.63, 3.8) is 0 Å². The molecule has 6 heteroatoms. The van der Waals surface area contributed by atoms with Gasteiger partial charge in [0.15, 0.2) is 0 Å². The maximum atomic E-state index is 11.9. The first-order chi connectivity index (χ1) is 8.31. The zero-order valence-electron chi connectivity index (χ0n) is 9.69. The third-order valence-electron chi connectivity index (χ3n) is 2.55. The summed E-state index contributed by atoms with van der Waals surface area (Å²) in [5.74, 6) is 0.515. The Morgan fingerprint density at radius 2 is 2.65 bits per heavy atom. The lowest BCUT2D eigenvalue weighted by molar-refractivity contribution is 0.0287. The molecule has 1 aromatic heterocycles. The van der Waals surface area contributed by atoms with E-state index in [9.17, 15) is 4.79 Å². The van der Waals surface area contributed by atoms with Crippen LogP contribution in [0.15, 0.2) is 11.4 Å². The molecule has 94 valence electrons. The second kappa shape index (κ2) is 6.00. The van der Waals surface area contributed by atoms with Gasteiger partial charge in [-0.2, -0.15) is 0 Å². The van der Waals surface area contributed by atoms with Crippen molar-refractivity contribution in [2.45, 2.75) is 6.10 Å². The number of hydrogen-bond acceptors (Lipinski definition) is 5. The second-order valence-corrected chi connectivity index (χ2v) is 4.64. The molecule has 17 heavy (non-hydrogen) atoms. The van der Waals surface area contributed by atoms with Crippen LogP contribution in [0.2, 0.25) is 0 Å². The summed E-state index contributed by atoms with van der Waals surface area (Å²) in [6.45, 7) is 2.88. The maximum absolute atomic E-state index is 11.9. The summed E-state index contributed by atoms with van der Waals surface area (Å²) in [6.07, 6.45) is 0.0543. The fourth-order valence-electron chi connectivity index (χ4n) is 1.66. The van der Waals surface area contributed by atoms with Gasteiger partial charge in [-0.1, -0.05) is 0 Å². The number of carbonyl (C=O) groups excluding carboxylic acids is 1. The van der Waals surface area contributed by atoms with E-state index in [4.69, 9.17) is 9.47 Å². The van der Waals surface area contributed by atoms with Gasteiger partial charge in [-0.25, -0.2) is 0 Å². The summed E-state index contributed by atoms with van der Waals surface area (Å²) in [4.78, 5) is 12.5. The summed E-state index contributed by atoms with van der Waals surface area (Å²) in [6, 6.07) is 1.79. The highest BCUT2D eigenvalue weighted by Crippen LogP contribution is 2.23. The third-order valence-corrected chi connectivity index (χ3v) is 3.44. The van der Waals surface area contributed by atoms with E-state index in [1.54, 1.807) is 13.2 Å². The molecule has 2 heterocycles. The first-order valence-corrected chi connectivity index (χ1v) is 6.41. The van der Waals surface area contributed by atoms with E-state index in [0.717, 1.165) is 13.1 Å². The minimum Gasteiger partial charge on any atom is -0.495 e. The topological polar surface area (TPSA) is 59.6 Å². The fourth-order valence-corrected chi connectivity index (χ4v) is 2.44. The van der Waals surface area contributed by atoms with Crippen LogP contribution in [0, 0.1) is 0 Å². The van der Waals surface area contributed by atoms with E-state index in [1.165, 1.54) is 11.3 Å². The van der Waals surface area contributed by atoms with E-state index < -0.39 is 0 Å². The number of methoxy groups -OCH3 is 1. The Kier molecular flexibility index (Phi) is 4.36. The van der Waals surface area contributed by atoms with E-state index >= 15 is 0 Å². The van der Waals surface area contributed by atoms with Crippen LogP contribution in [0.5, 0.6) is 5.75 Å². The van der Waals surface area contributed by atoms with Gasteiger partial charge in [0.1, 0.15) is 10.6 Å². The molecule has 1 atom stereocenters. The molecule has 1 aliphatic rings. The van der Waals surface area contributed by atoms with Gasteiger partial charge in [0.05, 0.1) is 19.8 Å².